The smallest absolute Gasteiger partial charge is 0.306 e. The third-order valence-corrected chi connectivity index (χ3v) is 3.64. The van der Waals surface area contributed by atoms with Gasteiger partial charge in [-0.05, 0) is 29.5 Å². The Balaban J connectivity index is 0.00000127. The van der Waals surface area contributed by atoms with Crippen LogP contribution in [-0.2, 0) is 11.2 Å². The first-order valence-electron chi connectivity index (χ1n) is 7.36. The zero-order valence-electron chi connectivity index (χ0n) is 13.0. The summed E-state index contributed by atoms with van der Waals surface area (Å²) in [6, 6.07) is 18.4. The summed E-state index contributed by atoms with van der Waals surface area (Å²) in [6.07, 6.45) is 1.20. The van der Waals surface area contributed by atoms with E-state index in [1.54, 1.807) is 6.92 Å². The molecule has 2 rings (SSSR count). The summed E-state index contributed by atoms with van der Waals surface area (Å²) in [4.78, 5) is 10.8. The van der Waals surface area contributed by atoms with Crippen LogP contribution in [0.2, 0.25) is 0 Å². The summed E-state index contributed by atoms with van der Waals surface area (Å²) >= 11 is 3.64. The highest BCUT2D eigenvalue weighted by Crippen LogP contribution is 2.20. The number of carbonyl (C=O) groups is 1. The molecule has 0 spiro atoms. The van der Waals surface area contributed by atoms with Crippen LogP contribution < -0.4 is 5.73 Å². The number of rotatable bonds is 6. The van der Waals surface area contributed by atoms with Crippen molar-refractivity contribution in [2.45, 2.75) is 25.8 Å². The number of carboxylic acid groups (broad SMARTS) is 1. The molecule has 0 bridgehead atoms. The van der Waals surface area contributed by atoms with Crippen LogP contribution in [0, 0.1) is 5.92 Å². The summed E-state index contributed by atoms with van der Waals surface area (Å²) in [5.41, 5.74) is 9.53. The number of nitrogens with two attached hydrogens (primary N) is 1. The molecule has 0 aliphatic heterocycles. The average molecular weight is 336 g/mol. The van der Waals surface area contributed by atoms with Gasteiger partial charge >= 0.3 is 5.97 Å². The van der Waals surface area contributed by atoms with E-state index in [2.05, 4.69) is 48.3 Å². The zero-order chi connectivity index (χ0) is 17.2. The molecule has 4 N–H and O–H groups in total. The molecule has 0 aromatic heterocycles. The second-order valence-electron chi connectivity index (χ2n) is 5.50. The molecular formula is C18H22ClNO3. The highest BCUT2D eigenvalue weighted by Gasteiger charge is 2.15. The van der Waals surface area contributed by atoms with Crippen LogP contribution in [0.25, 0.3) is 11.1 Å². The summed E-state index contributed by atoms with van der Waals surface area (Å²) < 4.78 is 6.47. The Hall–Kier alpha value is -1.88. The molecule has 0 fully saturated rings. The maximum absolute atomic E-state index is 10.8. The molecule has 2 atom stereocenters. The standard InChI is InChI=1S/C18H21NO2.ClHO/c1-13(18(20)21)11-17(19)12-14-7-9-16(10-8-14)15-5-3-2-4-6-15;1-2/h2-10,13,17H,11-12,19H2,1H3,(H,20,21);2H. The van der Waals surface area contributed by atoms with Crippen molar-refractivity contribution in [3.63, 3.8) is 0 Å². The maximum atomic E-state index is 10.8. The first kappa shape index (κ1) is 19.2. The van der Waals surface area contributed by atoms with Gasteiger partial charge in [0.2, 0.25) is 0 Å². The molecule has 0 aliphatic rings. The minimum Gasteiger partial charge on any atom is -0.481 e. The normalized spacial score (nSPS) is 12.7. The van der Waals surface area contributed by atoms with Crippen molar-refractivity contribution in [3.05, 3.63) is 60.2 Å². The van der Waals surface area contributed by atoms with Crippen LogP contribution >= 0.6 is 11.9 Å². The van der Waals surface area contributed by atoms with Gasteiger partial charge in [0.05, 0.1) is 17.8 Å². The number of halogens is 1. The first-order valence-corrected chi connectivity index (χ1v) is 7.69. The van der Waals surface area contributed by atoms with Crippen molar-refractivity contribution in [2.24, 2.45) is 11.7 Å². The lowest BCUT2D eigenvalue weighted by Crippen LogP contribution is -2.28. The van der Waals surface area contributed by atoms with Crippen LogP contribution in [0.5, 0.6) is 0 Å². The van der Waals surface area contributed by atoms with Gasteiger partial charge in [0.1, 0.15) is 0 Å². The molecule has 4 nitrogen and oxygen atoms in total. The third kappa shape index (κ3) is 6.40. The molecule has 124 valence electrons. The Kier molecular flexibility index (Phi) is 8.33. The van der Waals surface area contributed by atoms with E-state index in [0.717, 1.165) is 5.56 Å². The average Bonchev–Trinajstić information content (AvgIpc) is 2.58. The predicted octanol–water partition coefficient (Wildman–Crippen LogP) is 3.47. The molecule has 0 heterocycles. The number of carboxylic acids is 1. The summed E-state index contributed by atoms with van der Waals surface area (Å²) in [5, 5.41) is 8.90. The Bertz CT molecular complexity index is 587. The van der Waals surface area contributed by atoms with Crippen molar-refractivity contribution in [2.75, 3.05) is 0 Å². The fourth-order valence-corrected chi connectivity index (χ4v) is 2.40. The lowest BCUT2D eigenvalue weighted by atomic mass is 9.96. The SMILES string of the molecule is CC(CC(N)Cc1ccc(-c2ccccc2)cc1)C(=O)O.OCl. The van der Waals surface area contributed by atoms with Gasteiger partial charge in [-0.2, -0.15) is 0 Å². The molecule has 0 amide bonds. The summed E-state index contributed by atoms with van der Waals surface area (Å²) in [6.45, 7) is 1.70. The van der Waals surface area contributed by atoms with E-state index in [0.29, 0.717) is 12.8 Å². The number of benzene rings is 2. The molecule has 0 saturated carbocycles. The molecule has 0 saturated heterocycles. The van der Waals surface area contributed by atoms with E-state index in [1.165, 1.54) is 11.1 Å². The highest BCUT2D eigenvalue weighted by molar-refractivity contribution is 6.04. The van der Waals surface area contributed by atoms with Gasteiger partial charge in [-0.3, -0.25) is 9.45 Å². The van der Waals surface area contributed by atoms with Gasteiger partial charge in [-0.15, -0.1) is 0 Å². The molecule has 23 heavy (non-hydrogen) atoms. The Labute approximate surface area is 141 Å². The predicted molar refractivity (Wildman–Crippen MR) is 93.0 cm³/mol. The van der Waals surface area contributed by atoms with Crippen LogP contribution in [0.3, 0.4) is 0 Å². The molecule has 5 heteroatoms. The van der Waals surface area contributed by atoms with Crippen LogP contribution in [0.1, 0.15) is 18.9 Å². The van der Waals surface area contributed by atoms with Gasteiger partial charge in [0, 0.05) is 6.04 Å². The van der Waals surface area contributed by atoms with Gasteiger partial charge in [0.15, 0.2) is 0 Å². The minimum absolute atomic E-state index is 0.126. The van der Waals surface area contributed by atoms with Crippen molar-refractivity contribution < 1.29 is 14.6 Å². The van der Waals surface area contributed by atoms with Gasteiger partial charge in [0.25, 0.3) is 0 Å². The molecule has 2 unspecified atom stereocenters. The minimum atomic E-state index is -0.787. The Morgan fingerprint density at radius 1 is 1.04 bits per heavy atom. The van der Waals surface area contributed by atoms with Gasteiger partial charge in [-0.25, -0.2) is 0 Å². The largest absolute Gasteiger partial charge is 0.481 e. The monoisotopic (exact) mass is 335 g/mol. The van der Waals surface area contributed by atoms with E-state index in [9.17, 15) is 4.79 Å². The lowest BCUT2D eigenvalue weighted by molar-refractivity contribution is -0.141. The summed E-state index contributed by atoms with van der Waals surface area (Å²) in [7, 11) is 0. The Morgan fingerprint density at radius 2 is 1.57 bits per heavy atom. The molecule has 0 aliphatic carbocycles. The number of hydrogen-bond acceptors (Lipinski definition) is 3. The van der Waals surface area contributed by atoms with E-state index < -0.39 is 11.9 Å². The van der Waals surface area contributed by atoms with E-state index in [1.807, 2.05) is 18.2 Å². The fourth-order valence-electron chi connectivity index (χ4n) is 2.40. The molecule has 0 radical (unpaired) electrons. The van der Waals surface area contributed by atoms with Crippen molar-refractivity contribution in [3.8, 4) is 11.1 Å². The lowest BCUT2D eigenvalue weighted by Gasteiger charge is -2.14. The molecule has 2 aromatic carbocycles. The third-order valence-electron chi connectivity index (χ3n) is 3.64. The van der Waals surface area contributed by atoms with Crippen molar-refractivity contribution >= 4 is 17.8 Å². The quantitative estimate of drug-likeness (QED) is 0.754. The molecule has 2 aromatic rings. The van der Waals surface area contributed by atoms with Gasteiger partial charge < -0.3 is 10.8 Å². The van der Waals surface area contributed by atoms with Gasteiger partial charge in [-0.1, -0.05) is 61.5 Å². The highest BCUT2D eigenvalue weighted by atomic mass is 35.5. The number of aliphatic carboxylic acids is 1. The van der Waals surface area contributed by atoms with Crippen molar-refractivity contribution in [1.29, 1.82) is 0 Å². The summed E-state index contributed by atoms with van der Waals surface area (Å²) in [5.74, 6) is -1.19. The van der Waals surface area contributed by atoms with Crippen LogP contribution in [-0.4, -0.2) is 21.8 Å². The fraction of sp³-hybridized carbons (Fsp3) is 0.278. The second kappa shape index (κ2) is 10.0. The zero-order valence-corrected chi connectivity index (χ0v) is 13.8. The number of hydrogen-bond donors (Lipinski definition) is 3. The second-order valence-corrected chi connectivity index (χ2v) is 5.50. The Morgan fingerprint density at radius 3 is 2.09 bits per heavy atom. The van der Waals surface area contributed by atoms with E-state index >= 15 is 0 Å². The molecular weight excluding hydrogens is 314 g/mol. The van der Waals surface area contributed by atoms with E-state index in [4.69, 9.17) is 15.5 Å². The van der Waals surface area contributed by atoms with Crippen LogP contribution in [0.4, 0.5) is 0 Å². The topological polar surface area (TPSA) is 83.6 Å². The first-order chi connectivity index (χ1) is 11.1. The van der Waals surface area contributed by atoms with Crippen molar-refractivity contribution in [1.82, 2.24) is 0 Å². The van der Waals surface area contributed by atoms with Crippen LogP contribution in [0.15, 0.2) is 54.6 Å². The van der Waals surface area contributed by atoms with E-state index in [-0.39, 0.29) is 6.04 Å². The maximum Gasteiger partial charge on any atom is 0.306 e.